The largest absolute Gasteiger partial charge is 0.0651 e. The average molecular weight is 98.2 g/mol. The quantitative estimate of drug-likeness (QED) is 0.472. The standard InChI is InChI=1S/C7H14/c1-4-6-5-7(6,2)3/h6H,4-5H2,1-3H3/t6-/m0/s1. The van der Waals surface area contributed by atoms with Gasteiger partial charge in [0.1, 0.15) is 0 Å². The van der Waals surface area contributed by atoms with E-state index in [-0.39, 0.29) is 0 Å². The summed E-state index contributed by atoms with van der Waals surface area (Å²) in [6.07, 6.45) is 2.84. The van der Waals surface area contributed by atoms with Crippen molar-refractivity contribution in [3.8, 4) is 0 Å². The third-order valence-corrected chi connectivity index (χ3v) is 2.21. The lowest BCUT2D eigenvalue weighted by Gasteiger charge is -1.95. The second kappa shape index (κ2) is 1.24. The predicted molar refractivity (Wildman–Crippen MR) is 32.2 cm³/mol. The second-order valence-corrected chi connectivity index (χ2v) is 3.30. The highest BCUT2D eigenvalue weighted by Gasteiger charge is 2.43. The van der Waals surface area contributed by atoms with E-state index in [1.807, 2.05) is 0 Å². The Morgan fingerprint density at radius 2 is 2.00 bits per heavy atom. The summed E-state index contributed by atoms with van der Waals surface area (Å²) in [5.74, 6) is 1.05. The van der Waals surface area contributed by atoms with Crippen LogP contribution in [0.3, 0.4) is 0 Å². The summed E-state index contributed by atoms with van der Waals surface area (Å²) in [4.78, 5) is 0. The molecule has 42 valence electrons. The Balaban J connectivity index is 2.30. The van der Waals surface area contributed by atoms with E-state index in [1.54, 1.807) is 0 Å². The van der Waals surface area contributed by atoms with Gasteiger partial charge in [-0.15, -0.1) is 0 Å². The smallest absolute Gasteiger partial charge is 0.0323 e. The van der Waals surface area contributed by atoms with Crippen LogP contribution in [0.1, 0.15) is 33.6 Å². The molecule has 0 bridgehead atoms. The van der Waals surface area contributed by atoms with Gasteiger partial charge in [0.15, 0.2) is 0 Å². The Morgan fingerprint density at radius 3 is 2.00 bits per heavy atom. The zero-order valence-corrected chi connectivity index (χ0v) is 5.49. The molecule has 1 aliphatic rings. The van der Waals surface area contributed by atoms with E-state index in [0.29, 0.717) is 0 Å². The second-order valence-electron chi connectivity index (χ2n) is 3.30. The van der Waals surface area contributed by atoms with Crippen molar-refractivity contribution in [2.24, 2.45) is 11.3 Å². The molecule has 0 spiro atoms. The minimum absolute atomic E-state index is 0.717. The molecule has 1 aliphatic carbocycles. The first-order valence-corrected chi connectivity index (χ1v) is 3.17. The van der Waals surface area contributed by atoms with Crippen LogP contribution >= 0.6 is 0 Å². The molecule has 0 aromatic rings. The molecule has 0 saturated heterocycles. The number of rotatable bonds is 1. The first kappa shape index (κ1) is 5.14. The van der Waals surface area contributed by atoms with Crippen molar-refractivity contribution in [2.75, 3.05) is 0 Å². The van der Waals surface area contributed by atoms with Crippen LogP contribution in [0.15, 0.2) is 0 Å². The fourth-order valence-corrected chi connectivity index (χ4v) is 1.27. The predicted octanol–water partition coefficient (Wildman–Crippen LogP) is 2.44. The summed E-state index contributed by atoms with van der Waals surface area (Å²) in [6, 6.07) is 0. The molecule has 0 amide bonds. The molecule has 1 atom stereocenters. The topological polar surface area (TPSA) is 0 Å². The molecule has 0 nitrogen and oxygen atoms in total. The van der Waals surface area contributed by atoms with Crippen molar-refractivity contribution in [3.63, 3.8) is 0 Å². The molecule has 0 aromatic carbocycles. The van der Waals surface area contributed by atoms with Crippen LogP contribution in [0.5, 0.6) is 0 Å². The first-order chi connectivity index (χ1) is 3.17. The minimum atomic E-state index is 0.717. The Bertz CT molecular complexity index is 72.1. The molecule has 0 N–H and O–H groups in total. The van der Waals surface area contributed by atoms with Gasteiger partial charge < -0.3 is 0 Å². The van der Waals surface area contributed by atoms with Gasteiger partial charge in [-0.25, -0.2) is 0 Å². The van der Waals surface area contributed by atoms with Gasteiger partial charge in [0.25, 0.3) is 0 Å². The Kier molecular flexibility index (Phi) is 0.911. The zero-order chi connectivity index (χ0) is 5.49. The van der Waals surface area contributed by atoms with Gasteiger partial charge in [0, 0.05) is 0 Å². The maximum Gasteiger partial charge on any atom is -0.0323 e. The molecule has 0 heterocycles. The summed E-state index contributed by atoms with van der Waals surface area (Å²) in [6.45, 7) is 6.97. The van der Waals surface area contributed by atoms with E-state index in [4.69, 9.17) is 0 Å². The molecule has 0 unspecified atom stereocenters. The number of hydrogen-bond donors (Lipinski definition) is 0. The van der Waals surface area contributed by atoms with E-state index < -0.39 is 0 Å². The summed E-state index contributed by atoms with van der Waals surface area (Å²) in [5, 5.41) is 0. The summed E-state index contributed by atoms with van der Waals surface area (Å²) < 4.78 is 0. The van der Waals surface area contributed by atoms with Gasteiger partial charge in [-0.05, 0) is 17.8 Å². The minimum Gasteiger partial charge on any atom is -0.0651 e. The Hall–Kier alpha value is 0. The van der Waals surface area contributed by atoms with E-state index >= 15 is 0 Å². The van der Waals surface area contributed by atoms with E-state index in [9.17, 15) is 0 Å². The molecule has 1 rings (SSSR count). The SMILES string of the molecule is CC[C@H]1CC1(C)C. The summed E-state index contributed by atoms with van der Waals surface area (Å²) in [5.41, 5.74) is 0.717. The van der Waals surface area contributed by atoms with Crippen molar-refractivity contribution in [1.29, 1.82) is 0 Å². The maximum absolute atomic E-state index is 2.35. The van der Waals surface area contributed by atoms with Gasteiger partial charge in [-0.1, -0.05) is 27.2 Å². The van der Waals surface area contributed by atoms with Crippen LogP contribution in [0.4, 0.5) is 0 Å². The van der Waals surface area contributed by atoms with Crippen molar-refractivity contribution in [3.05, 3.63) is 0 Å². The van der Waals surface area contributed by atoms with E-state index in [0.717, 1.165) is 11.3 Å². The third kappa shape index (κ3) is 0.793. The van der Waals surface area contributed by atoms with Gasteiger partial charge in [-0.3, -0.25) is 0 Å². The van der Waals surface area contributed by atoms with E-state index in [2.05, 4.69) is 20.8 Å². The molecule has 0 radical (unpaired) electrons. The molecular weight excluding hydrogens is 84.1 g/mol. The van der Waals surface area contributed by atoms with Crippen LogP contribution in [-0.4, -0.2) is 0 Å². The van der Waals surface area contributed by atoms with Crippen molar-refractivity contribution in [2.45, 2.75) is 33.6 Å². The van der Waals surface area contributed by atoms with Gasteiger partial charge >= 0.3 is 0 Å². The Labute approximate surface area is 45.9 Å². The van der Waals surface area contributed by atoms with Crippen LogP contribution in [0.2, 0.25) is 0 Å². The summed E-state index contributed by atoms with van der Waals surface area (Å²) >= 11 is 0. The van der Waals surface area contributed by atoms with Crippen LogP contribution in [0, 0.1) is 11.3 Å². The van der Waals surface area contributed by atoms with E-state index in [1.165, 1.54) is 12.8 Å². The average Bonchev–Trinajstić information content (AvgIpc) is 2.13. The van der Waals surface area contributed by atoms with Gasteiger partial charge in [-0.2, -0.15) is 0 Å². The molecule has 1 fully saturated rings. The van der Waals surface area contributed by atoms with Crippen LogP contribution in [0.25, 0.3) is 0 Å². The lowest BCUT2D eigenvalue weighted by molar-refractivity contribution is 0.549. The Morgan fingerprint density at radius 1 is 1.57 bits per heavy atom. The van der Waals surface area contributed by atoms with Crippen LogP contribution < -0.4 is 0 Å². The third-order valence-electron chi connectivity index (χ3n) is 2.21. The molecule has 7 heavy (non-hydrogen) atoms. The fourth-order valence-electron chi connectivity index (χ4n) is 1.27. The maximum atomic E-state index is 2.35. The van der Waals surface area contributed by atoms with Crippen LogP contribution in [-0.2, 0) is 0 Å². The lowest BCUT2D eigenvalue weighted by Crippen LogP contribution is -1.86. The van der Waals surface area contributed by atoms with Gasteiger partial charge in [0.05, 0.1) is 0 Å². The highest BCUT2D eigenvalue weighted by molar-refractivity contribution is 4.93. The zero-order valence-electron chi connectivity index (χ0n) is 5.49. The molecule has 1 saturated carbocycles. The molecule has 0 aromatic heterocycles. The first-order valence-electron chi connectivity index (χ1n) is 3.17. The normalized spacial score (nSPS) is 35.6. The fraction of sp³-hybridized carbons (Fsp3) is 1.00. The van der Waals surface area contributed by atoms with Crippen molar-refractivity contribution in [1.82, 2.24) is 0 Å². The van der Waals surface area contributed by atoms with Crippen molar-refractivity contribution < 1.29 is 0 Å². The number of hydrogen-bond acceptors (Lipinski definition) is 0. The monoisotopic (exact) mass is 98.1 g/mol. The highest BCUT2D eigenvalue weighted by atomic mass is 14.5. The van der Waals surface area contributed by atoms with Gasteiger partial charge in [0.2, 0.25) is 0 Å². The molecule has 0 aliphatic heterocycles. The lowest BCUT2D eigenvalue weighted by atomic mass is 10.1. The van der Waals surface area contributed by atoms with Crippen molar-refractivity contribution >= 4 is 0 Å². The molecule has 0 heteroatoms. The molecular formula is C7H14. The highest BCUT2D eigenvalue weighted by Crippen LogP contribution is 2.53. The summed E-state index contributed by atoms with van der Waals surface area (Å²) in [7, 11) is 0.